The lowest BCUT2D eigenvalue weighted by Gasteiger charge is -2.36. The van der Waals surface area contributed by atoms with Gasteiger partial charge in [-0.05, 0) is 44.7 Å². The molecule has 1 aliphatic carbocycles. The highest BCUT2D eigenvalue weighted by atomic mass is 15.0. The molecular formula is C16H23N. The molecule has 1 aliphatic heterocycles. The summed E-state index contributed by atoms with van der Waals surface area (Å²) in [5, 5.41) is 3.76. The van der Waals surface area contributed by atoms with Crippen LogP contribution in [0, 0.1) is 6.92 Å². The lowest BCUT2D eigenvalue weighted by molar-refractivity contribution is 0.323. The standard InChI is InChI=1S/C16H23N/c1-13-6-4-7-14(12-13)16(9-2-3-10-16)15-8-5-11-17-15/h4,6-7,12,15,17H,2-3,5,8-11H2,1H3. The van der Waals surface area contributed by atoms with E-state index in [-0.39, 0.29) is 0 Å². The van der Waals surface area contributed by atoms with Crippen LogP contribution in [0.5, 0.6) is 0 Å². The molecule has 0 spiro atoms. The van der Waals surface area contributed by atoms with Crippen molar-refractivity contribution in [1.29, 1.82) is 0 Å². The summed E-state index contributed by atoms with van der Waals surface area (Å²) in [5.74, 6) is 0. The van der Waals surface area contributed by atoms with E-state index in [1.54, 1.807) is 5.56 Å². The molecule has 1 aromatic carbocycles. The molecule has 1 N–H and O–H groups in total. The Kier molecular flexibility index (Phi) is 2.96. The highest BCUT2D eigenvalue weighted by molar-refractivity contribution is 5.33. The first kappa shape index (κ1) is 11.3. The van der Waals surface area contributed by atoms with Gasteiger partial charge in [-0.15, -0.1) is 0 Å². The molecule has 1 saturated carbocycles. The van der Waals surface area contributed by atoms with Crippen molar-refractivity contribution in [2.75, 3.05) is 6.54 Å². The summed E-state index contributed by atoms with van der Waals surface area (Å²) in [6.07, 6.45) is 8.31. The van der Waals surface area contributed by atoms with Crippen LogP contribution in [0.3, 0.4) is 0 Å². The van der Waals surface area contributed by atoms with Crippen LogP contribution >= 0.6 is 0 Å². The summed E-state index contributed by atoms with van der Waals surface area (Å²) in [6, 6.07) is 9.96. The maximum Gasteiger partial charge on any atom is 0.0164 e. The first-order valence-electron chi connectivity index (χ1n) is 7.12. The average molecular weight is 229 g/mol. The van der Waals surface area contributed by atoms with Crippen molar-refractivity contribution in [2.45, 2.75) is 56.9 Å². The molecule has 0 radical (unpaired) electrons. The summed E-state index contributed by atoms with van der Waals surface area (Å²) in [5.41, 5.74) is 3.45. The van der Waals surface area contributed by atoms with Crippen LogP contribution in [0.2, 0.25) is 0 Å². The minimum atomic E-state index is 0.447. The van der Waals surface area contributed by atoms with E-state index in [9.17, 15) is 0 Å². The molecule has 1 heterocycles. The summed E-state index contributed by atoms with van der Waals surface area (Å²) >= 11 is 0. The zero-order valence-corrected chi connectivity index (χ0v) is 10.8. The highest BCUT2D eigenvalue weighted by Gasteiger charge is 2.43. The molecule has 3 rings (SSSR count). The fourth-order valence-electron chi connectivity index (χ4n) is 3.96. The Morgan fingerprint density at radius 2 is 2.00 bits per heavy atom. The van der Waals surface area contributed by atoms with Crippen LogP contribution in [0.15, 0.2) is 24.3 Å². The zero-order valence-electron chi connectivity index (χ0n) is 10.8. The van der Waals surface area contributed by atoms with Crippen molar-refractivity contribution < 1.29 is 0 Å². The lowest BCUT2D eigenvalue weighted by Crippen LogP contribution is -2.43. The van der Waals surface area contributed by atoms with Crippen molar-refractivity contribution >= 4 is 0 Å². The van der Waals surface area contributed by atoms with E-state index in [1.807, 2.05) is 0 Å². The maximum absolute atomic E-state index is 3.76. The summed E-state index contributed by atoms with van der Waals surface area (Å²) in [6.45, 7) is 3.44. The fraction of sp³-hybridized carbons (Fsp3) is 0.625. The Bertz CT molecular complexity index is 384. The number of hydrogen-bond acceptors (Lipinski definition) is 1. The predicted molar refractivity (Wildman–Crippen MR) is 72.3 cm³/mol. The molecule has 1 aromatic rings. The van der Waals surface area contributed by atoms with E-state index in [4.69, 9.17) is 0 Å². The molecule has 1 heteroatoms. The smallest absolute Gasteiger partial charge is 0.0164 e. The van der Waals surface area contributed by atoms with Crippen molar-refractivity contribution in [3.63, 3.8) is 0 Å². The van der Waals surface area contributed by atoms with Gasteiger partial charge in [-0.3, -0.25) is 0 Å². The van der Waals surface area contributed by atoms with Gasteiger partial charge in [0.1, 0.15) is 0 Å². The molecule has 0 aromatic heterocycles. The Morgan fingerprint density at radius 3 is 2.65 bits per heavy atom. The molecule has 2 fully saturated rings. The fourth-order valence-corrected chi connectivity index (χ4v) is 3.96. The largest absolute Gasteiger partial charge is 0.313 e. The maximum atomic E-state index is 3.76. The van der Waals surface area contributed by atoms with Crippen LogP contribution in [0.1, 0.15) is 49.7 Å². The van der Waals surface area contributed by atoms with Gasteiger partial charge in [0.2, 0.25) is 0 Å². The molecule has 1 atom stereocenters. The molecule has 0 amide bonds. The van der Waals surface area contributed by atoms with E-state index in [0.29, 0.717) is 5.41 Å². The molecule has 92 valence electrons. The van der Waals surface area contributed by atoms with Crippen molar-refractivity contribution in [2.24, 2.45) is 0 Å². The molecule has 1 saturated heterocycles. The molecule has 1 nitrogen and oxygen atoms in total. The van der Waals surface area contributed by atoms with Crippen LogP contribution in [-0.2, 0) is 5.41 Å². The van der Waals surface area contributed by atoms with Gasteiger partial charge in [0.05, 0.1) is 0 Å². The number of benzene rings is 1. The minimum absolute atomic E-state index is 0.447. The SMILES string of the molecule is Cc1cccc(C2(C3CCCN3)CCCC2)c1. The summed E-state index contributed by atoms with van der Waals surface area (Å²) in [4.78, 5) is 0. The third-order valence-corrected chi connectivity index (χ3v) is 4.82. The minimum Gasteiger partial charge on any atom is -0.313 e. The quantitative estimate of drug-likeness (QED) is 0.817. The van der Waals surface area contributed by atoms with Gasteiger partial charge in [0, 0.05) is 11.5 Å². The van der Waals surface area contributed by atoms with Crippen LogP contribution < -0.4 is 5.32 Å². The van der Waals surface area contributed by atoms with Crippen LogP contribution in [0.25, 0.3) is 0 Å². The van der Waals surface area contributed by atoms with Gasteiger partial charge in [-0.25, -0.2) is 0 Å². The summed E-state index contributed by atoms with van der Waals surface area (Å²) < 4.78 is 0. The monoisotopic (exact) mass is 229 g/mol. The third kappa shape index (κ3) is 1.91. The van der Waals surface area contributed by atoms with Crippen molar-refractivity contribution in [3.8, 4) is 0 Å². The number of rotatable bonds is 2. The average Bonchev–Trinajstić information content (AvgIpc) is 3.01. The van der Waals surface area contributed by atoms with Gasteiger partial charge < -0.3 is 5.32 Å². The van der Waals surface area contributed by atoms with Crippen molar-refractivity contribution in [1.82, 2.24) is 5.32 Å². The Labute approximate surface area is 105 Å². The normalized spacial score (nSPS) is 27.5. The third-order valence-electron chi connectivity index (χ3n) is 4.82. The van der Waals surface area contributed by atoms with Gasteiger partial charge in [0.15, 0.2) is 0 Å². The molecular weight excluding hydrogens is 206 g/mol. The first-order chi connectivity index (χ1) is 8.31. The second-order valence-corrected chi connectivity index (χ2v) is 5.88. The van der Waals surface area contributed by atoms with E-state index < -0.39 is 0 Å². The second-order valence-electron chi connectivity index (χ2n) is 5.88. The van der Waals surface area contributed by atoms with Crippen LogP contribution in [0.4, 0.5) is 0 Å². The molecule has 0 bridgehead atoms. The van der Waals surface area contributed by atoms with E-state index in [0.717, 1.165) is 6.04 Å². The first-order valence-corrected chi connectivity index (χ1v) is 7.12. The van der Waals surface area contributed by atoms with Crippen LogP contribution in [-0.4, -0.2) is 12.6 Å². The lowest BCUT2D eigenvalue weighted by atomic mass is 9.72. The zero-order chi connectivity index (χ0) is 11.7. The summed E-state index contributed by atoms with van der Waals surface area (Å²) in [7, 11) is 0. The van der Waals surface area contributed by atoms with E-state index in [1.165, 1.54) is 50.6 Å². The van der Waals surface area contributed by atoms with E-state index in [2.05, 4.69) is 36.5 Å². The number of nitrogens with one attached hydrogen (secondary N) is 1. The van der Waals surface area contributed by atoms with Crippen molar-refractivity contribution in [3.05, 3.63) is 35.4 Å². The number of aryl methyl sites for hydroxylation is 1. The second kappa shape index (κ2) is 4.45. The van der Waals surface area contributed by atoms with Gasteiger partial charge >= 0.3 is 0 Å². The predicted octanol–water partition coefficient (Wildman–Crippen LogP) is 3.56. The molecule has 17 heavy (non-hydrogen) atoms. The molecule has 1 unspecified atom stereocenters. The van der Waals surface area contributed by atoms with Gasteiger partial charge in [0.25, 0.3) is 0 Å². The van der Waals surface area contributed by atoms with Gasteiger partial charge in [-0.1, -0.05) is 42.7 Å². The topological polar surface area (TPSA) is 12.0 Å². The Hall–Kier alpha value is -0.820. The number of hydrogen-bond donors (Lipinski definition) is 1. The Balaban J connectivity index is 1.98. The highest BCUT2D eigenvalue weighted by Crippen LogP contribution is 2.46. The Morgan fingerprint density at radius 1 is 1.18 bits per heavy atom. The van der Waals surface area contributed by atoms with Gasteiger partial charge in [-0.2, -0.15) is 0 Å². The molecule has 2 aliphatic rings. The van der Waals surface area contributed by atoms with E-state index >= 15 is 0 Å².